The van der Waals surface area contributed by atoms with Crippen LogP contribution in [0.5, 0.6) is 0 Å². The van der Waals surface area contributed by atoms with Crippen molar-refractivity contribution in [2.45, 2.75) is 38.1 Å². The molecule has 88 valence electrons. The standard InChI is InChI=1S/C12H18N2O2/c13-8-10-2-1-3-11(10)14-12(15)9-4-6-16-7-5-9/h9-11H,1-7H2,(H,14,15). The normalized spacial score (nSPS) is 30.9. The smallest absolute Gasteiger partial charge is 0.223 e. The van der Waals surface area contributed by atoms with Gasteiger partial charge < -0.3 is 10.1 Å². The van der Waals surface area contributed by atoms with Gasteiger partial charge >= 0.3 is 0 Å². The van der Waals surface area contributed by atoms with Crippen molar-refractivity contribution in [1.29, 1.82) is 5.26 Å². The first-order chi connectivity index (χ1) is 7.81. The summed E-state index contributed by atoms with van der Waals surface area (Å²) in [6.07, 6.45) is 4.56. The van der Waals surface area contributed by atoms with Gasteiger partial charge in [-0.1, -0.05) is 0 Å². The molecule has 2 rings (SSSR count). The molecule has 1 aliphatic heterocycles. The summed E-state index contributed by atoms with van der Waals surface area (Å²) >= 11 is 0. The van der Waals surface area contributed by atoms with E-state index in [0.29, 0.717) is 13.2 Å². The van der Waals surface area contributed by atoms with Crippen molar-refractivity contribution in [3.8, 4) is 6.07 Å². The maximum Gasteiger partial charge on any atom is 0.223 e. The SMILES string of the molecule is N#CC1CCCC1NC(=O)C1CCOCC1. The number of hydrogen-bond acceptors (Lipinski definition) is 3. The summed E-state index contributed by atoms with van der Waals surface area (Å²) in [7, 11) is 0. The largest absolute Gasteiger partial charge is 0.381 e. The van der Waals surface area contributed by atoms with E-state index in [9.17, 15) is 4.79 Å². The van der Waals surface area contributed by atoms with E-state index in [-0.39, 0.29) is 23.8 Å². The minimum atomic E-state index is 0.0174. The van der Waals surface area contributed by atoms with Crippen molar-refractivity contribution in [2.24, 2.45) is 11.8 Å². The average molecular weight is 222 g/mol. The van der Waals surface area contributed by atoms with Crippen molar-refractivity contribution in [3.05, 3.63) is 0 Å². The second-order valence-electron chi connectivity index (χ2n) is 4.67. The van der Waals surface area contributed by atoms with Gasteiger partial charge in [-0.25, -0.2) is 0 Å². The molecule has 4 heteroatoms. The van der Waals surface area contributed by atoms with Crippen LogP contribution in [0.3, 0.4) is 0 Å². The number of carbonyl (C=O) groups is 1. The first-order valence-corrected chi connectivity index (χ1v) is 6.09. The molecule has 2 unspecified atom stereocenters. The zero-order chi connectivity index (χ0) is 11.4. The van der Waals surface area contributed by atoms with Crippen LogP contribution in [0.25, 0.3) is 0 Å². The molecule has 0 spiro atoms. The Kier molecular flexibility index (Phi) is 3.79. The molecule has 0 aromatic heterocycles. The molecular formula is C12H18N2O2. The van der Waals surface area contributed by atoms with Crippen molar-refractivity contribution < 1.29 is 9.53 Å². The van der Waals surface area contributed by atoms with Gasteiger partial charge in [0.15, 0.2) is 0 Å². The first-order valence-electron chi connectivity index (χ1n) is 6.09. The number of hydrogen-bond donors (Lipinski definition) is 1. The van der Waals surface area contributed by atoms with E-state index in [1.807, 2.05) is 0 Å². The first kappa shape index (κ1) is 11.4. The lowest BCUT2D eigenvalue weighted by molar-refractivity contribution is -0.128. The number of amides is 1. The maximum atomic E-state index is 11.9. The summed E-state index contributed by atoms with van der Waals surface area (Å²) in [5.41, 5.74) is 0. The molecule has 0 bridgehead atoms. The van der Waals surface area contributed by atoms with Gasteiger partial charge in [0.25, 0.3) is 0 Å². The van der Waals surface area contributed by atoms with Crippen LogP contribution in [-0.4, -0.2) is 25.2 Å². The highest BCUT2D eigenvalue weighted by Crippen LogP contribution is 2.25. The molecule has 2 fully saturated rings. The third-order valence-electron chi connectivity index (χ3n) is 3.60. The minimum absolute atomic E-state index is 0.0174. The summed E-state index contributed by atoms with van der Waals surface area (Å²) in [5, 5.41) is 12.0. The van der Waals surface area contributed by atoms with Gasteiger partial charge in [0.2, 0.25) is 5.91 Å². The second kappa shape index (κ2) is 5.31. The molecular weight excluding hydrogens is 204 g/mol. The number of rotatable bonds is 2. The van der Waals surface area contributed by atoms with Gasteiger partial charge in [0.1, 0.15) is 0 Å². The quantitative estimate of drug-likeness (QED) is 0.764. The summed E-state index contributed by atoms with van der Waals surface area (Å²) in [6.45, 7) is 1.37. The Balaban J connectivity index is 1.84. The van der Waals surface area contributed by atoms with Crippen molar-refractivity contribution >= 4 is 5.91 Å². The van der Waals surface area contributed by atoms with Crippen LogP contribution in [-0.2, 0) is 9.53 Å². The molecule has 1 heterocycles. The van der Waals surface area contributed by atoms with Gasteiger partial charge in [0, 0.05) is 25.2 Å². The Labute approximate surface area is 96.0 Å². The highest BCUT2D eigenvalue weighted by molar-refractivity contribution is 5.79. The predicted molar refractivity (Wildman–Crippen MR) is 58.4 cm³/mol. The highest BCUT2D eigenvalue weighted by atomic mass is 16.5. The van der Waals surface area contributed by atoms with Crippen LogP contribution in [0.4, 0.5) is 0 Å². The molecule has 1 saturated carbocycles. The fourth-order valence-corrected chi connectivity index (χ4v) is 2.55. The maximum absolute atomic E-state index is 11.9. The lowest BCUT2D eigenvalue weighted by Crippen LogP contribution is -2.42. The van der Waals surface area contributed by atoms with Gasteiger partial charge in [0.05, 0.1) is 12.0 Å². The van der Waals surface area contributed by atoms with E-state index in [4.69, 9.17) is 10.00 Å². The van der Waals surface area contributed by atoms with E-state index < -0.39 is 0 Å². The number of nitrogens with zero attached hydrogens (tertiary/aromatic N) is 1. The number of nitrogens with one attached hydrogen (secondary N) is 1. The van der Waals surface area contributed by atoms with Crippen LogP contribution < -0.4 is 5.32 Å². The topological polar surface area (TPSA) is 62.1 Å². The van der Waals surface area contributed by atoms with E-state index in [2.05, 4.69) is 11.4 Å². The van der Waals surface area contributed by atoms with E-state index >= 15 is 0 Å². The molecule has 2 aliphatic rings. The van der Waals surface area contributed by atoms with Gasteiger partial charge in [-0.3, -0.25) is 4.79 Å². The second-order valence-corrected chi connectivity index (χ2v) is 4.67. The molecule has 16 heavy (non-hydrogen) atoms. The number of carbonyl (C=O) groups excluding carboxylic acids is 1. The molecule has 0 aromatic carbocycles. The fourth-order valence-electron chi connectivity index (χ4n) is 2.55. The predicted octanol–water partition coefficient (Wildman–Crippen LogP) is 1.22. The van der Waals surface area contributed by atoms with E-state index in [1.54, 1.807) is 0 Å². The molecule has 0 radical (unpaired) electrons. The lowest BCUT2D eigenvalue weighted by Gasteiger charge is -2.24. The average Bonchev–Trinajstić information content (AvgIpc) is 2.77. The number of ether oxygens (including phenoxy) is 1. The van der Waals surface area contributed by atoms with Crippen LogP contribution in [0, 0.1) is 23.2 Å². The highest BCUT2D eigenvalue weighted by Gasteiger charge is 2.31. The molecule has 1 N–H and O–H groups in total. The van der Waals surface area contributed by atoms with Crippen LogP contribution >= 0.6 is 0 Å². The Bertz CT molecular complexity index is 292. The molecule has 1 amide bonds. The minimum Gasteiger partial charge on any atom is -0.381 e. The van der Waals surface area contributed by atoms with Crippen molar-refractivity contribution in [3.63, 3.8) is 0 Å². The van der Waals surface area contributed by atoms with Crippen molar-refractivity contribution in [2.75, 3.05) is 13.2 Å². The Morgan fingerprint density at radius 2 is 2.00 bits per heavy atom. The molecule has 2 atom stereocenters. The van der Waals surface area contributed by atoms with Crippen LogP contribution in [0.2, 0.25) is 0 Å². The molecule has 4 nitrogen and oxygen atoms in total. The Hall–Kier alpha value is -1.08. The Morgan fingerprint density at radius 3 is 2.69 bits per heavy atom. The molecule has 1 saturated heterocycles. The summed E-state index contributed by atoms with van der Waals surface area (Å²) in [5.74, 6) is 0.230. The molecule has 1 aliphatic carbocycles. The van der Waals surface area contributed by atoms with E-state index in [0.717, 1.165) is 32.1 Å². The van der Waals surface area contributed by atoms with E-state index in [1.165, 1.54) is 0 Å². The fraction of sp³-hybridized carbons (Fsp3) is 0.833. The van der Waals surface area contributed by atoms with Crippen molar-refractivity contribution in [1.82, 2.24) is 5.32 Å². The zero-order valence-corrected chi connectivity index (χ0v) is 9.45. The van der Waals surface area contributed by atoms with Gasteiger partial charge in [-0.05, 0) is 32.1 Å². The zero-order valence-electron chi connectivity index (χ0n) is 9.45. The summed E-state index contributed by atoms with van der Waals surface area (Å²) in [4.78, 5) is 11.9. The molecule has 0 aromatic rings. The third kappa shape index (κ3) is 2.53. The monoisotopic (exact) mass is 222 g/mol. The number of nitriles is 1. The third-order valence-corrected chi connectivity index (χ3v) is 3.60. The Morgan fingerprint density at radius 1 is 1.25 bits per heavy atom. The van der Waals surface area contributed by atoms with Crippen LogP contribution in [0.1, 0.15) is 32.1 Å². The van der Waals surface area contributed by atoms with Crippen LogP contribution in [0.15, 0.2) is 0 Å². The lowest BCUT2D eigenvalue weighted by atomic mass is 9.98. The summed E-state index contributed by atoms with van der Waals surface area (Å²) in [6, 6.07) is 2.37. The van der Waals surface area contributed by atoms with Gasteiger partial charge in [-0.15, -0.1) is 0 Å². The van der Waals surface area contributed by atoms with Gasteiger partial charge in [-0.2, -0.15) is 5.26 Å². The summed E-state index contributed by atoms with van der Waals surface area (Å²) < 4.78 is 5.23.